The number of hydrogen-bond acceptors (Lipinski definition) is 4. The summed E-state index contributed by atoms with van der Waals surface area (Å²) in [7, 11) is 0. The van der Waals surface area contributed by atoms with Crippen LogP contribution in [0.15, 0.2) is 152 Å². The van der Waals surface area contributed by atoms with Gasteiger partial charge in [0.25, 0.3) is 0 Å². The molecule has 0 aliphatic carbocycles. The van der Waals surface area contributed by atoms with E-state index in [0.717, 1.165) is 67.3 Å². The van der Waals surface area contributed by atoms with E-state index < -0.39 is 0 Å². The van der Waals surface area contributed by atoms with Gasteiger partial charge in [-0.3, -0.25) is 0 Å². The van der Waals surface area contributed by atoms with Gasteiger partial charge in [-0.1, -0.05) is 89.7 Å². The van der Waals surface area contributed by atoms with E-state index in [1.165, 1.54) is 11.1 Å². The summed E-state index contributed by atoms with van der Waals surface area (Å²) in [6.45, 7) is 6.46. The molecule has 8 aromatic rings. The normalized spacial score (nSPS) is 12.4. The van der Waals surface area contributed by atoms with Crippen molar-refractivity contribution in [2.75, 3.05) is 15.0 Å². The smallest absolute Gasteiger partial charge is 0.145 e. The van der Waals surface area contributed by atoms with Crippen LogP contribution >= 0.6 is 0 Å². The summed E-state index contributed by atoms with van der Waals surface area (Å²) in [5, 5.41) is 6.32. The SMILES string of the molecule is Cc1ccccc1-c1ccnc(-n2c3[c-]c(N(c4[c-]c(N5[OH+]N(C(C)C)c6ccccc65)ccc4)c4ccccc4)ccc3c3ccccc32)c1.[Pt]. The maximum absolute atomic E-state index is 5.02. The molecule has 1 aliphatic heterocycles. The van der Waals surface area contributed by atoms with Gasteiger partial charge < -0.3 is 9.47 Å². The molecule has 9 rings (SSSR count). The average Bonchev–Trinajstić information content (AvgIpc) is 3.72. The Morgan fingerprint density at radius 1 is 0.673 bits per heavy atom. The molecular weight excluding hydrogens is 822 g/mol. The van der Waals surface area contributed by atoms with Crippen LogP contribution in [0.5, 0.6) is 0 Å². The zero-order valence-corrected chi connectivity index (χ0v) is 31.3. The Bertz CT molecular complexity index is 2550. The molecule has 0 unspecified atom stereocenters. The Morgan fingerprint density at radius 2 is 1.40 bits per heavy atom. The minimum absolute atomic E-state index is 0. The summed E-state index contributed by atoms with van der Waals surface area (Å²) < 4.78 is 2.24. The summed E-state index contributed by atoms with van der Waals surface area (Å²) in [5.74, 6) is 0.846. The molecule has 0 fully saturated rings. The van der Waals surface area contributed by atoms with Crippen LogP contribution in [0.4, 0.5) is 34.1 Å². The van der Waals surface area contributed by atoms with Crippen molar-refractivity contribution in [1.82, 2.24) is 9.55 Å². The molecule has 0 spiro atoms. The van der Waals surface area contributed by atoms with Gasteiger partial charge in [-0.15, -0.1) is 45.8 Å². The van der Waals surface area contributed by atoms with Crippen molar-refractivity contribution >= 4 is 55.9 Å². The second-order valence-electron chi connectivity index (χ2n) is 13.1. The van der Waals surface area contributed by atoms with Crippen molar-refractivity contribution in [1.29, 1.82) is 0 Å². The molecule has 2 aromatic heterocycles. The predicted molar refractivity (Wildman–Crippen MR) is 209 cm³/mol. The minimum Gasteiger partial charge on any atom is -0.358 e. The molecule has 52 heavy (non-hydrogen) atoms. The fraction of sp³-hybridized carbons (Fsp3) is 0.0889. The maximum atomic E-state index is 5.02. The van der Waals surface area contributed by atoms with Gasteiger partial charge in [-0.05, 0) is 85.3 Å². The number of rotatable bonds is 7. The van der Waals surface area contributed by atoms with E-state index in [0.29, 0.717) is 0 Å². The fourth-order valence-electron chi connectivity index (χ4n) is 7.13. The third-order valence-electron chi connectivity index (χ3n) is 9.52. The molecule has 0 bridgehead atoms. The van der Waals surface area contributed by atoms with E-state index in [2.05, 4.69) is 187 Å². The van der Waals surface area contributed by atoms with E-state index >= 15 is 0 Å². The van der Waals surface area contributed by atoms with Crippen molar-refractivity contribution in [3.8, 4) is 16.9 Å². The Kier molecular flexibility index (Phi) is 8.88. The van der Waals surface area contributed by atoms with Gasteiger partial charge in [0.15, 0.2) is 0 Å². The molecule has 1 aliphatic rings. The Hall–Kier alpha value is -5.68. The van der Waals surface area contributed by atoms with Gasteiger partial charge in [-0.2, -0.15) is 17.1 Å². The van der Waals surface area contributed by atoms with Gasteiger partial charge in [0.1, 0.15) is 17.2 Å². The van der Waals surface area contributed by atoms with Crippen molar-refractivity contribution in [3.05, 3.63) is 169 Å². The van der Waals surface area contributed by atoms with E-state index in [4.69, 9.17) is 9.92 Å². The van der Waals surface area contributed by atoms with Crippen LogP contribution in [0.1, 0.15) is 19.4 Å². The standard InChI is InChI=1S/C45H35N5O.Pt/c1-31(2)49-42-22-11-12-23-43(42)50(51-49)37-18-13-17-35(29-37)47(34-15-5-4-6-16-34)36-24-25-40-39-20-9-10-21-41(39)48(44(40)30-36)45-28-33(26-27-46-45)38-19-8-7-14-32(38)3;/h4-28,31H,1-3H3;/q-2;/p+1. The number of hydroxylamine groups is 1. The summed E-state index contributed by atoms with van der Waals surface area (Å²) >= 11 is 0. The summed E-state index contributed by atoms with van der Waals surface area (Å²) in [4.78, 5) is 12.2. The Morgan fingerprint density at radius 3 is 2.23 bits per heavy atom. The molecule has 0 radical (unpaired) electrons. The third-order valence-corrected chi connectivity index (χ3v) is 9.52. The van der Waals surface area contributed by atoms with Gasteiger partial charge in [0.05, 0.1) is 6.04 Å². The van der Waals surface area contributed by atoms with Crippen LogP contribution in [0.25, 0.3) is 38.8 Å². The summed E-state index contributed by atoms with van der Waals surface area (Å²) in [5.41, 5.74) is 11.3. The zero-order valence-electron chi connectivity index (χ0n) is 29.0. The molecule has 0 atom stereocenters. The largest absolute Gasteiger partial charge is 0.358 e. The average molecular weight is 858 g/mol. The number of fused-ring (bicyclic) bond motifs is 4. The summed E-state index contributed by atoms with van der Waals surface area (Å²) in [6, 6.07) is 58.4. The summed E-state index contributed by atoms with van der Waals surface area (Å²) in [6.07, 6.45) is 1.90. The first-order valence-electron chi connectivity index (χ1n) is 17.3. The molecule has 6 aromatic carbocycles. The van der Waals surface area contributed by atoms with Crippen LogP contribution in [-0.2, 0) is 21.1 Å². The van der Waals surface area contributed by atoms with Gasteiger partial charge in [0.2, 0.25) is 0 Å². The van der Waals surface area contributed by atoms with Gasteiger partial charge in [-0.25, -0.2) is 4.98 Å². The number of benzene rings is 6. The molecule has 6 nitrogen and oxygen atoms in total. The van der Waals surface area contributed by atoms with Crippen molar-refractivity contribution < 1.29 is 26.0 Å². The topological polar surface area (TPSA) is 40.3 Å². The number of nitrogens with zero attached hydrogens (tertiary/aromatic N) is 5. The van der Waals surface area contributed by atoms with Crippen LogP contribution in [-0.4, -0.2) is 20.5 Å². The maximum Gasteiger partial charge on any atom is 0.145 e. The Balaban J connectivity index is 0.00000387. The fourth-order valence-corrected chi connectivity index (χ4v) is 7.13. The minimum atomic E-state index is 0. The molecule has 3 heterocycles. The molecule has 0 saturated carbocycles. The second-order valence-corrected chi connectivity index (χ2v) is 13.1. The number of anilines is 6. The van der Waals surface area contributed by atoms with E-state index in [1.54, 1.807) is 0 Å². The van der Waals surface area contributed by atoms with E-state index in [9.17, 15) is 0 Å². The first-order valence-corrected chi connectivity index (χ1v) is 17.3. The Labute approximate surface area is 318 Å². The molecule has 258 valence electrons. The number of aromatic nitrogens is 2. The quantitative estimate of drug-likeness (QED) is 0.118. The molecular formula is C45H36N5OPt-. The molecule has 0 saturated heterocycles. The number of pyridine rings is 1. The van der Waals surface area contributed by atoms with Crippen molar-refractivity contribution in [2.45, 2.75) is 26.8 Å². The second kappa shape index (κ2) is 13.8. The first-order chi connectivity index (χ1) is 25.0. The number of para-hydroxylation sites is 4. The van der Waals surface area contributed by atoms with Crippen LogP contribution in [0.3, 0.4) is 0 Å². The van der Waals surface area contributed by atoms with Crippen LogP contribution in [0.2, 0.25) is 0 Å². The van der Waals surface area contributed by atoms with Crippen LogP contribution < -0.4 is 15.0 Å². The van der Waals surface area contributed by atoms with E-state index in [-0.39, 0.29) is 27.1 Å². The first kappa shape index (κ1) is 33.5. The van der Waals surface area contributed by atoms with E-state index in [1.807, 2.05) is 17.3 Å². The third kappa shape index (κ3) is 5.74. The van der Waals surface area contributed by atoms with Crippen LogP contribution in [0, 0.1) is 19.1 Å². The van der Waals surface area contributed by atoms with Gasteiger partial charge >= 0.3 is 0 Å². The zero-order chi connectivity index (χ0) is 34.5. The van der Waals surface area contributed by atoms with Gasteiger partial charge in [0, 0.05) is 44.2 Å². The van der Waals surface area contributed by atoms with Crippen molar-refractivity contribution in [2.24, 2.45) is 0 Å². The molecule has 0 amide bonds. The molecule has 1 N–H and O–H groups in total. The monoisotopic (exact) mass is 857 g/mol. The number of aryl methyl sites for hydroxylation is 1. The molecule has 7 heteroatoms. The predicted octanol–water partition coefficient (Wildman–Crippen LogP) is 11.4. The van der Waals surface area contributed by atoms with Crippen molar-refractivity contribution in [3.63, 3.8) is 0 Å². The number of hydrogen-bond donors (Lipinski definition) is 0.